The maximum atomic E-state index is 12.8. The minimum absolute atomic E-state index is 0.416. The molecule has 6 nitrogen and oxygen atoms in total. The molecule has 2 amide bonds. The summed E-state index contributed by atoms with van der Waals surface area (Å²) < 4.78 is 1.77. The van der Waals surface area contributed by atoms with E-state index in [-0.39, 0.29) is 0 Å². The number of likely N-dealkylation sites (tertiary alicyclic amines) is 1. The fraction of sp³-hybridized carbons (Fsp3) is 0.476. The number of amides is 2. The molecule has 1 fully saturated rings. The summed E-state index contributed by atoms with van der Waals surface area (Å²) in [5.74, 6) is 2.05. The fourth-order valence-electron chi connectivity index (χ4n) is 4.22. The number of fused-ring (bicyclic) bond motifs is 1. The third-order valence-corrected chi connectivity index (χ3v) is 6.35. The van der Waals surface area contributed by atoms with Crippen LogP contribution in [-0.4, -0.2) is 39.6 Å². The summed E-state index contributed by atoms with van der Waals surface area (Å²) in [4.78, 5) is 27.3. The molecule has 0 spiro atoms. The molecule has 7 heteroatoms. The minimum Gasteiger partial charge on any atom is -0.334 e. The van der Waals surface area contributed by atoms with Crippen molar-refractivity contribution in [2.45, 2.75) is 38.7 Å². The van der Waals surface area contributed by atoms with Gasteiger partial charge in [-0.05, 0) is 42.9 Å². The number of hydrogen-bond acceptors (Lipinski definition) is 4. The van der Waals surface area contributed by atoms with E-state index in [1.54, 1.807) is 21.3 Å². The molecule has 0 aliphatic carbocycles. The van der Waals surface area contributed by atoms with E-state index in [0.717, 1.165) is 40.4 Å². The van der Waals surface area contributed by atoms with Crippen molar-refractivity contribution in [2.24, 2.45) is 11.8 Å². The second-order valence-corrected chi connectivity index (χ2v) is 9.11. The first kappa shape index (κ1) is 19.1. The Morgan fingerprint density at radius 3 is 2.64 bits per heavy atom. The zero-order chi connectivity index (χ0) is 19.8. The number of hydrogen-bond donors (Lipinski definition) is 1. The predicted octanol–water partition coefficient (Wildman–Crippen LogP) is 3.37. The lowest BCUT2D eigenvalue weighted by atomic mass is 9.92. The zero-order valence-corrected chi connectivity index (χ0v) is 17.4. The van der Waals surface area contributed by atoms with Crippen molar-refractivity contribution in [3.63, 3.8) is 0 Å². The van der Waals surface area contributed by atoms with E-state index >= 15 is 0 Å². The van der Waals surface area contributed by atoms with E-state index in [1.165, 1.54) is 0 Å². The van der Waals surface area contributed by atoms with Gasteiger partial charge in [-0.15, -0.1) is 0 Å². The van der Waals surface area contributed by atoms with Crippen molar-refractivity contribution in [1.29, 1.82) is 0 Å². The molecular formula is C21H26N4O2S. The van der Waals surface area contributed by atoms with E-state index < -0.39 is 11.8 Å². The predicted molar refractivity (Wildman–Crippen MR) is 111 cm³/mol. The smallest absolute Gasteiger partial charge is 0.315 e. The standard InChI is InChI=1S/C21H26N4O2S/c1-13-5-4-6-16(8-13)25-19(17-11-28-12-18(17)23-25)22-20(26)21(27)24-9-14(2)7-15(3)10-24/h4-6,8,14-15H,7,9-12H2,1-3H3,(H,22,26)/t14-,15-/m1/s1. The molecule has 0 unspecified atom stereocenters. The van der Waals surface area contributed by atoms with Crippen LogP contribution in [0.5, 0.6) is 0 Å². The van der Waals surface area contributed by atoms with E-state index in [2.05, 4.69) is 19.2 Å². The van der Waals surface area contributed by atoms with E-state index in [9.17, 15) is 9.59 Å². The number of nitrogens with zero attached hydrogens (tertiary/aromatic N) is 3. The van der Waals surface area contributed by atoms with E-state index in [0.29, 0.717) is 30.7 Å². The Hall–Kier alpha value is -2.28. The van der Waals surface area contributed by atoms with Gasteiger partial charge in [0.15, 0.2) is 0 Å². The Balaban J connectivity index is 1.61. The van der Waals surface area contributed by atoms with Crippen molar-refractivity contribution in [2.75, 3.05) is 18.4 Å². The van der Waals surface area contributed by atoms with Gasteiger partial charge in [0.2, 0.25) is 0 Å². The van der Waals surface area contributed by atoms with Gasteiger partial charge in [0.25, 0.3) is 0 Å². The first-order valence-electron chi connectivity index (χ1n) is 9.78. The molecule has 1 aromatic heterocycles. The largest absolute Gasteiger partial charge is 0.334 e. The van der Waals surface area contributed by atoms with Crippen LogP contribution >= 0.6 is 11.8 Å². The van der Waals surface area contributed by atoms with Crippen molar-refractivity contribution in [3.05, 3.63) is 41.1 Å². The Morgan fingerprint density at radius 1 is 1.18 bits per heavy atom. The molecule has 2 aliphatic rings. The highest BCUT2D eigenvalue weighted by Crippen LogP contribution is 2.36. The minimum atomic E-state index is -0.574. The average molecular weight is 399 g/mol. The molecule has 3 heterocycles. The van der Waals surface area contributed by atoms with Crippen LogP contribution in [0, 0.1) is 18.8 Å². The van der Waals surface area contributed by atoms with Crippen LogP contribution < -0.4 is 5.32 Å². The lowest BCUT2D eigenvalue weighted by Gasteiger charge is -2.34. The Labute approximate surface area is 169 Å². The summed E-state index contributed by atoms with van der Waals surface area (Å²) in [5.41, 5.74) is 4.01. The molecule has 1 N–H and O–H groups in total. The van der Waals surface area contributed by atoms with Crippen molar-refractivity contribution >= 4 is 29.4 Å². The van der Waals surface area contributed by atoms with Gasteiger partial charge in [0.05, 0.1) is 11.4 Å². The van der Waals surface area contributed by atoms with Gasteiger partial charge < -0.3 is 10.2 Å². The highest BCUT2D eigenvalue weighted by Gasteiger charge is 2.31. The Kier molecular flexibility index (Phi) is 5.19. The molecule has 2 atom stereocenters. The number of aryl methyl sites for hydroxylation is 1. The van der Waals surface area contributed by atoms with Crippen molar-refractivity contribution < 1.29 is 9.59 Å². The van der Waals surface area contributed by atoms with Gasteiger partial charge >= 0.3 is 11.8 Å². The van der Waals surface area contributed by atoms with Crippen molar-refractivity contribution in [3.8, 4) is 5.69 Å². The molecule has 4 rings (SSSR count). The molecule has 0 radical (unpaired) electrons. The summed E-state index contributed by atoms with van der Waals surface area (Å²) >= 11 is 1.77. The van der Waals surface area contributed by atoms with Gasteiger partial charge in [-0.3, -0.25) is 9.59 Å². The number of anilines is 1. The third kappa shape index (κ3) is 3.68. The normalized spacial score (nSPS) is 21.5. The molecular weight excluding hydrogens is 372 g/mol. The number of carbonyl (C=O) groups excluding carboxylic acids is 2. The van der Waals surface area contributed by atoms with Crippen LogP contribution in [0.15, 0.2) is 24.3 Å². The molecule has 1 saturated heterocycles. The van der Waals surface area contributed by atoms with Gasteiger partial charge in [-0.25, -0.2) is 4.68 Å². The number of piperidine rings is 1. The molecule has 0 bridgehead atoms. The van der Waals surface area contributed by atoms with Crippen LogP contribution in [0.25, 0.3) is 5.69 Å². The van der Waals surface area contributed by atoms with Gasteiger partial charge in [0.1, 0.15) is 5.82 Å². The molecule has 2 aliphatic heterocycles. The van der Waals surface area contributed by atoms with E-state index in [4.69, 9.17) is 5.10 Å². The fourth-order valence-corrected chi connectivity index (χ4v) is 5.26. The number of aromatic nitrogens is 2. The highest BCUT2D eigenvalue weighted by atomic mass is 32.2. The number of nitrogens with one attached hydrogen (secondary N) is 1. The maximum Gasteiger partial charge on any atom is 0.315 e. The molecule has 0 saturated carbocycles. The summed E-state index contributed by atoms with van der Waals surface area (Å²) in [6.45, 7) is 7.57. The number of thioether (sulfide) groups is 1. The summed E-state index contributed by atoms with van der Waals surface area (Å²) in [7, 11) is 0. The second-order valence-electron chi connectivity index (χ2n) is 8.13. The Morgan fingerprint density at radius 2 is 1.93 bits per heavy atom. The number of rotatable bonds is 2. The lowest BCUT2D eigenvalue weighted by Crippen LogP contribution is -2.47. The Bertz CT molecular complexity index is 913. The van der Waals surface area contributed by atoms with Gasteiger partial charge in [0, 0.05) is 30.2 Å². The van der Waals surface area contributed by atoms with Crippen LogP contribution in [0.1, 0.15) is 37.1 Å². The van der Waals surface area contributed by atoms with Crippen molar-refractivity contribution in [1.82, 2.24) is 14.7 Å². The van der Waals surface area contributed by atoms with Crippen LogP contribution in [-0.2, 0) is 21.1 Å². The maximum absolute atomic E-state index is 12.8. The number of carbonyl (C=O) groups is 2. The summed E-state index contributed by atoms with van der Waals surface area (Å²) in [6, 6.07) is 7.99. The molecule has 2 aromatic rings. The average Bonchev–Trinajstić information content (AvgIpc) is 3.23. The first-order valence-corrected chi connectivity index (χ1v) is 10.9. The lowest BCUT2D eigenvalue weighted by molar-refractivity contribution is -0.145. The first-order chi connectivity index (χ1) is 13.4. The highest BCUT2D eigenvalue weighted by molar-refractivity contribution is 7.98. The zero-order valence-electron chi connectivity index (χ0n) is 16.6. The molecule has 28 heavy (non-hydrogen) atoms. The topological polar surface area (TPSA) is 67.2 Å². The van der Waals surface area contributed by atoms with Gasteiger partial charge in [-0.2, -0.15) is 16.9 Å². The summed E-state index contributed by atoms with van der Waals surface area (Å²) in [6.07, 6.45) is 1.09. The van der Waals surface area contributed by atoms with Gasteiger partial charge in [-0.1, -0.05) is 26.0 Å². The molecule has 1 aromatic carbocycles. The van der Waals surface area contributed by atoms with E-state index in [1.807, 2.05) is 31.2 Å². The number of benzene rings is 1. The quantitative estimate of drug-likeness (QED) is 0.788. The molecule has 148 valence electrons. The SMILES string of the molecule is Cc1cccc(-n2nc3c(c2NC(=O)C(=O)N2C[C@H](C)C[C@@H](C)C2)CSC3)c1. The van der Waals surface area contributed by atoms with Crippen LogP contribution in [0.2, 0.25) is 0 Å². The third-order valence-electron chi connectivity index (χ3n) is 5.38. The monoisotopic (exact) mass is 398 g/mol. The summed E-state index contributed by atoms with van der Waals surface area (Å²) in [5, 5.41) is 7.60. The van der Waals surface area contributed by atoms with Crippen LogP contribution in [0.3, 0.4) is 0 Å². The van der Waals surface area contributed by atoms with Crippen LogP contribution in [0.4, 0.5) is 5.82 Å². The second kappa shape index (κ2) is 7.62.